The average Bonchev–Trinajstić information content (AvgIpc) is 2.86. The van der Waals surface area contributed by atoms with E-state index in [1.54, 1.807) is 36.5 Å². The summed E-state index contributed by atoms with van der Waals surface area (Å²) in [7, 11) is 0. The fourth-order valence-electron chi connectivity index (χ4n) is 3.86. The number of aryl methyl sites for hydroxylation is 2. The van der Waals surface area contributed by atoms with Crippen LogP contribution in [-0.2, 0) is 12.8 Å². The van der Waals surface area contributed by atoms with Gasteiger partial charge in [-0.25, -0.2) is 19.8 Å². The highest BCUT2D eigenvalue weighted by Gasteiger charge is 2.08. The molecule has 0 aliphatic heterocycles. The lowest BCUT2D eigenvalue weighted by Gasteiger charge is -2.13. The Kier molecular flexibility index (Phi) is 7.75. The van der Waals surface area contributed by atoms with Gasteiger partial charge in [-0.2, -0.15) is 5.10 Å². The van der Waals surface area contributed by atoms with E-state index in [0.717, 1.165) is 52.7 Å². The third-order valence-electron chi connectivity index (χ3n) is 5.57. The van der Waals surface area contributed by atoms with E-state index < -0.39 is 5.82 Å². The van der Waals surface area contributed by atoms with E-state index >= 15 is 0 Å². The van der Waals surface area contributed by atoms with Gasteiger partial charge < -0.3 is 15.5 Å². The minimum Gasteiger partial charge on any atom is -0.508 e. The number of rotatable bonds is 9. The summed E-state index contributed by atoms with van der Waals surface area (Å²) in [4.78, 5) is 8.05. The number of hydrogen-bond acceptors (Lipinski definition) is 7. The van der Waals surface area contributed by atoms with Crippen LogP contribution in [0, 0.1) is 5.82 Å². The van der Waals surface area contributed by atoms with Gasteiger partial charge >= 0.3 is 0 Å². The van der Waals surface area contributed by atoms with Gasteiger partial charge in [0, 0.05) is 17.4 Å². The zero-order chi connectivity index (χ0) is 25.5. The Morgan fingerprint density at radius 1 is 0.944 bits per heavy atom. The first-order valence-electron chi connectivity index (χ1n) is 11.8. The van der Waals surface area contributed by atoms with Crippen LogP contribution in [0.25, 0.3) is 11.1 Å². The van der Waals surface area contributed by atoms with Gasteiger partial charge in [-0.15, -0.1) is 0 Å². The van der Waals surface area contributed by atoms with E-state index in [1.807, 2.05) is 37.3 Å². The monoisotopic (exact) mass is 485 g/mol. The van der Waals surface area contributed by atoms with Crippen LogP contribution in [-0.4, -0.2) is 26.4 Å². The van der Waals surface area contributed by atoms with Gasteiger partial charge in [-0.3, -0.25) is 0 Å². The molecule has 36 heavy (non-hydrogen) atoms. The standard InChI is InChI=1S/C28H28FN5O2/c1-3-6-18-11-22(10-9-20(18)16-31-34-28-30-17-26(29)27(4-2)33-28)32-23-12-21(14-25(36)15-23)19-7-5-8-24(35)13-19/h5,7-17,32,35-36H,3-4,6H2,1-2H3,(H,30,33,34)/b31-16+. The zero-order valence-corrected chi connectivity index (χ0v) is 20.2. The number of anilines is 3. The lowest BCUT2D eigenvalue weighted by molar-refractivity contribution is 0.474. The lowest BCUT2D eigenvalue weighted by atomic mass is 10.0. The van der Waals surface area contributed by atoms with Gasteiger partial charge in [0.25, 0.3) is 0 Å². The summed E-state index contributed by atoms with van der Waals surface area (Å²) in [6, 6.07) is 18.1. The van der Waals surface area contributed by atoms with Crippen molar-refractivity contribution in [1.29, 1.82) is 0 Å². The molecule has 0 aliphatic rings. The summed E-state index contributed by atoms with van der Waals surface area (Å²) in [5.74, 6) is 0.0988. The Hall–Kier alpha value is -4.46. The Balaban J connectivity index is 1.53. The third-order valence-corrected chi connectivity index (χ3v) is 5.57. The maximum Gasteiger partial charge on any atom is 0.243 e. The van der Waals surface area contributed by atoms with Crippen molar-refractivity contribution >= 4 is 23.5 Å². The molecule has 0 amide bonds. The van der Waals surface area contributed by atoms with Crippen molar-refractivity contribution in [3.8, 4) is 22.6 Å². The fraction of sp³-hybridized carbons (Fsp3) is 0.179. The average molecular weight is 486 g/mol. The normalized spacial score (nSPS) is 11.1. The van der Waals surface area contributed by atoms with Crippen molar-refractivity contribution in [1.82, 2.24) is 9.97 Å². The molecule has 0 radical (unpaired) electrons. The van der Waals surface area contributed by atoms with E-state index in [9.17, 15) is 14.6 Å². The van der Waals surface area contributed by atoms with E-state index in [2.05, 4.69) is 32.7 Å². The van der Waals surface area contributed by atoms with Crippen molar-refractivity contribution in [2.24, 2.45) is 5.10 Å². The Morgan fingerprint density at radius 3 is 2.56 bits per heavy atom. The number of benzene rings is 3. The molecule has 0 atom stereocenters. The molecule has 184 valence electrons. The molecule has 7 nitrogen and oxygen atoms in total. The zero-order valence-electron chi connectivity index (χ0n) is 20.2. The number of nitrogens with one attached hydrogen (secondary N) is 2. The molecule has 0 aliphatic carbocycles. The van der Waals surface area contributed by atoms with Crippen molar-refractivity contribution in [2.45, 2.75) is 33.1 Å². The predicted molar refractivity (Wildman–Crippen MR) is 142 cm³/mol. The molecule has 0 bridgehead atoms. The molecule has 0 fully saturated rings. The van der Waals surface area contributed by atoms with E-state index in [-0.39, 0.29) is 17.4 Å². The summed E-state index contributed by atoms with van der Waals surface area (Å²) in [5.41, 5.74) is 8.31. The maximum absolute atomic E-state index is 13.6. The minimum atomic E-state index is -0.430. The molecule has 4 rings (SSSR count). The molecule has 4 N–H and O–H groups in total. The lowest BCUT2D eigenvalue weighted by Crippen LogP contribution is -2.03. The topological polar surface area (TPSA) is 103 Å². The molecule has 8 heteroatoms. The van der Waals surface area contributed by atoms with E-state index in [1.165, 1.54) is 0 Å². The molecular weight excluding hydrogens is 457 g/mol. The SMILES string of the molecule is CCCc1cc(Nc2cc(O)cc(-c3cccc(O)c3)c2)ccc1/C=N/Nc1ncc(F)c(CC)n1. The van der Waals surface area contributed by atoms with Crippen LogP contribution in [0.3, 0.4) is 0 Å². The van der Waals surface area contributed by atoms with Crippen molar-refractivity contribution in [3.05, 3.63) is 89.5 Å². The third kappa shape index (κ3) is 6.15. The summed E-state index contributed by atoms with van der Waals surface area (Å²) in [5, 5.41) is 27.7. The summed E-state index contributed by atoms with van der Waals surface area (Å²) >= 11 is 0. The van der Waals surface area contributed by atoms with Crippen LogP contribution in [0.2, 0.25) is 0 Å². The highest BCUT2D eigenvalue weighted by Crippen LogP contribution is 2.31. The maximum atomic E-state index is 13.6. The van der Waals surface area contributed by atoms with Crippen molar-refractivity contribution < 1.29 is 14.6 Å². The highest BCUT2D eigenvalue weighted by atomic mass is 19.1. The van der Waals surface area contributed by atoms with Gasteiger partial charge in [-0.05, 0) is 71.5 Å². The first-order valence-corrected chi connectivity index (χ1v) is 11.8. The van der Waals surface area contributed by atoms with Crippen LogP contribution in [0.1, 0.15) is 37.1 Å². The smallest absolute Gasteiger partial charge is 0.243 e. The second-order valence-corrected chi connectivity index (χ2v) is 8.32. The Labute approximate surface area is 209 Å². The second-order valence-electron chi connectivity index (χ2n) is 8.32. The molecule has 1 heterocycles. The molecule has 0 unspecified atom stereocenters. The molecule has 3 aromatic carbocycles. The number of hydrogen-bond donors (Lipinski definition) is 4. The van der Waals surface area contributed by atoms with Crippen LogP contribution in [0.15, 0.2) is 72.0 Å². The highest BCUT2D eigenvalue weighted by molar-refractivity contribution is 5.84. The molecule has 0 spiro atoms. The summed E-state index contributed by atoms with van der Waals surface area (Å²) in [6.07, 6.45) is 5.10. The van der Waals surface area contributed by atoms with Gasteiger partial charge in [-0.1, -0.05) is 38.5 Å². The molecule has 1 aromatic heterocycles. The van der Waals surface area contributed by atoms with Gasteiger partial charge in [0.05, 0.1) is 18.1 Å². The fourth-order valence-corrected chi connectivity index (χ4v) is 3.86. The van der Waals surface area contributed by atoms with Crippen molar-refractivity contribution in [2.75, 3.05) is 10.7 Å². The Bertz CT molecular complexity index is 1390. The Morgan fingerprint density at radius 2 is 1.78 bits per heavy atom. The first-order chi connectivity index (χ1) is 17.4. The van der Waals surface area contributed by atoms with Gasteiger partial charge in [0.2, 0.25) is 5.95 Å². The molecule has 0 saturated heterocycles. The summed E-state index contributed by atoms with van der Waals surface area (Å²) in [6.45, 7) is 3.93. The molecule has 4 aromatic rings. The van der Waals surface area contributed by atoms with Crippen LogP contribution >= 0.6 is 0 Å². The number of phenolic OH excluding ortho intramolecular Hbond substituents is 2. The second kappa shape index (κ2) is 11.3. The summed E-state index contributed by atoms with van der Waals surface area (Å²) < 4.78 is 13.6. The predicted octanol–water partition coefficient (Wildman–Crippen LogP) is 6.40. The van der Waals surface area contributed by atoms with Gasteiger partial charge in [0.1, 0.15) is 11.5 Å². The van der Waals surface area contributed by atoms with Crippen molar-refractivity contribution in [3.63, 3.8) is 0 Å². The minimum absolute atomic E-state index is 0.121. The molecule has 0 saturated carbocycles. The van der Waals surface area contributed by atoms with Crippen LogP contribution in [0.5, 0.6) is 11.5 Å². The number of nitrogens with zero attached hydrogens (tertiary/aromatic N) is 3. The van der Waals surface area contributed by atoms with Gasteiger partial charge in [0.15, 0.2) is 5.82 Å². The number of aromatic nitrogens is 2. The largest absolute Gasteiger partial charge is 0.508 e. The van der Waals surface area contributed by atoms with Crippen LogP contribution < -0.4 is 10.7 Å². The number of halogens is 1. The van der Waals surface area contributed by atoms with Crippen LogP contribution in [0.4, 0.5) is 21.7 Å². The number of aromatic hydroxyl groups is 2. The quantitative estimate of drug-likeness (QED) is 0.162. The van der Waals surface area contributed by atoms with E-state index in [4.69, 9.17) is 0 Å². The van der Waals surface area contributed by atoms with E-state index in [0.29, 0.717) is 12.1 Å². The molecular formula is C28H28FN5O2. The first kappa shape index (κ1) is 24.7. The number of phenols is 2. The number of hydrazone groups is 1.